The zero-order valence-corrected chi connectivity index (χ0v) is 23.0. The Labute approximate surface area is 226 Å². The molecule has 0 aliphatic carbocycles. The fraction of sp³-hybridized carbons (Fsp3) is 0.250. The van der Waals surface area contributed by atoms with Gasteiger partial charge in [-0.05, 0) is 76.4 Å². The summed E-state index contributed by atoms with van der Waals surface area (Å²) in [7, 11) is 1.75. The highest BCUT2D eigenvalue weighted by Gasteiger charge is 2.17. The Bertz CT molecular complexity index is 1220. The van der Waals surface area contributed by atoms with Gasteiger partial charge in [-0.15, -0.1) is 0 Å². The number of rotatable bonds is 9. The molecular weight excluding hydrogens is 538 g/mol. The number of ether oxygens (including phenoxy) is 1. The van der Waals surface area contributed by atoms with E-state index in [9.17, 15) is 9.59 Å². The van der Waals surface area contributed by atoms with E-state index in [0.29, 0.717) is 46.1 Å². The predicted octanol–water partition coefficient (Wildman–Crippen LogP) is 6.27. The van der Waals surface area contributed by atoms with Crippen molar-refractivity contribution in [3.8, 4) is 5.75 Å². The van der Waals surface area contributed by atoms with E-state index in [1.54, 1.807) is 54.4 Å². The normalized spacial score (nSPS) is 10.6. The highest BCUT2D eigenvalue weighted by molar-refractivity contribution is 9.10. The Hall–Kier alpha value is -3.23. The summed E-state index contributed by atoms with van der Waals surface area (Å²) in [5.41, 5.74) is 2.43. The minimum absolute atomic E-state index is 0.0966. The van der Waals surface area contributed by atoms with Crippen LogP contribution in [0.15, 0.2) is 77.3 Å². The number of nitrogens with zero attached hydrogens (tertiary/aromatic N) is 1. The van der Waals surface area contributed by atoms with Crippen molar-refractivity contribution in [3.63, 3.8) is 0 Å². The van der Waals surface area contributed by atoms with Crippen LogP contribution in [-0.2, 0) is 6.54 Å². The molecular formula is C28H30BrN3O3S. The van der Waals surface area contributed by atoms with Crippen molar-refractivity contribution in [2.75, 3.05) is 19.0 Å². The Kier molecular flexibility index (Phi) is 10.0. The molecule has 0 aliphatic rings. The lowest BCUT2D eigenvalue weighted by molar-refractivity contribution is 0.0786. The summed E-state index contributed by atoms with van der Waals surface area (Å²) >= 11 is 8.83. The van der Waals surface area contributed by atoms with Gasteiger partial charge in [0.15, 0.2) is 5.11 Å². The highest BCUT2D eigenvalue weighted by atomic mass is 79.9. The molecule has 0 saturated heterocycles. The molecule has 0 radical (unpaired) electrons. The molecule has 0 spiro atoms. The summed E-state index contributed by atoms with van der Waals surface area (Å²) in [4.78, 5) is 27.5. The number of amides is 2. The molecule has 2 N–H and O–H groups in total. The quantitative estimate of drug-likeness (QED) is 0.298. The van der Waals surface area contributed by atoms with E-state index in [-0.39, 0.29) is 16.9 Å². The molecule has 0 aliphatic heterocycles. The average Bonchev–Trinajstić information content (AvgIpc) is 2.85. The average molecular weight is 569 g/mol. The first kappa shape index (κ1) is 27.4. The van der Waals surface area contributed by atoms with E-state index in [2.05, 4.69) is 40.4 Å². The number of carbonyl (C=O) groups excluding carboxylic acids is 2. The van der Waals surface area contributed by atoms with Gasteiger partial charge in [-0.25, -0.2) is 0 Å². The molecule has 0 saturated carbocycles. The second-order valence-corrected chi connectivity index (χ2v) is 10.0. The minimum atomic E-state index is -0.369. The number of hydrogen-bond donors (Lipinski definition) is 2. The molecule has 36 heavy (non-hydrogen) atoms. The monoisotopic (exact) mass is 567 g/mol. The Balaban J connectivity index is 1.62. The summed E-state index contributed by atoms with van der Waals surface area (Å²) in [5, 5.41) is 5.77. The highest BCUT2D eigenvalue weighted by Crippen LogP contribution is 2.26. The molecule has 2 amide bonds. The number of hydrogen-bond acceptors (Lipinski definition) is 4. The molecule has 0 heterocycles. The van der Waals surface area contributed by atoms with Gasteiger partial charge in [0, 0.05) is 19.2 Å². The summed E-state index contributed by atoms with van der Waals surface area (Å²) in [6.07, 6.45) is 0.945. The van der Waals surface area contributed by atoms with Gasteiger partial charge < -0.3 is 15.0 Å². The number of para-hydroxylation sites is 1. The van der Waals surface area contributed by atoms with Crippen molar-refractivity contribution in [1.82, 2.24) is 10.2 Å². The largest absolute Gasteiger partial charge is 0.492 e. The second-order valence-electron chi connectivity index (χ2n) is 8.78. The van der Waals surface area contributed by atoms with E-state index in [4.69, 9.17) is 17.0 Å². The van der Waals surface area contributed by atoms with Gasteiger partial charge in [-0.2, -0.15) is 0 Å². The van der Waals surface area contributed by atoms with Crippen molar-refractivity contribution in [2.45, 2.75) is 26.8 Å². The van der Waals surface area contributed by atoms with E-state index in [0.717, 1.165) is 12.0 Å². The van der Waals surface area contributed by atoms with Crippen molar-refractivity contribution in [2.24, 2.45) is 5.92 Å². The maximum absolute atomic E-state index is 13.1. The van der Waals surface area contributed by atoms with Crippen molar-refractivity contribution < 1.29 is 14.3 Å². The van der Waals surface area contributed by atoms with Crippen molar-refractivity contribution in [1.29, 1.82) is 0 Å². The lowest BCUT2D eigenvalue weighted by Crippen LogP contribution is -2.35. The molecule has 0 fully saturated rings. The van der Waals surface area contributed by atoms with Crippen LogP contribution in [0.4, 0.5) is 5.69 Å². The first-order valence-corrected chi connectivity index (χ1v) is 12.9. The summed E-state index contributed by atoms with van der Waals surface area (Å²) < 4.78 is 6.47. The third-order valence-corrected chi connectivity index (χ3v) is 6.21. The summed E-state index contributed by atoms with van der Waals surface area (Å²) in [6.45, 7) is 5.36. The van der Waals surface area contributed by atoms with E-state index in [1.165, 1.54) is 0 Å². The smallest absolute Gasteiger partial charge is 0.257 e. The fourth-order valence-corrected chi connectivity index (χ4v) is 4.10. The lowest BCUT2D eigenvalue weighted by Gasteiger charge is -2.20. The fourth-order valence-electron chi connectivity index (χ4n) is 3.41. The number of anilines is 1. The molecule has 6 nitrogen and oxygen atoms in total. The van der Waals surface area contributed by atoms with Crippen LogP contribution >= 0.6 is 28.1 Å². The maximum Gasteiger partial charge on any atom is 0.257 e. The van der Waals surface area contributed by atoms with Gasteiger partial charge in [0.1, 0.15) is 5.75 Å². The van der Waals surface area contributed by atoms with E-state index >= 15 is 0 Å². The first-order valence-electron chi connectivity index (χ1n) is 11.7. The van der Waals surface area contributed by atoms with Crippen LogP contribution < -0.4 is 15.4 Å². The van der Waals surface area contributed by atoms with Crippen molar-refractivity contribution >= 4 is 50.8 Å². The molecule has 0 bridgehead atoms. The van der Waals surface area contributed by atoms with Crippen molar-refractivity contribution in [3.05, 3.63) is 94.0 Å². The van der Waals surface area contributed by atoms with Gasteiger partial charge in [0.25, 0.3) is 11.8 Å². The standard InChI is InChI=1S/C28H30BrN3O3S/c1-19(2)15-16-35-25-14-13-21(17-23(25)29)26(33)31-28(36)30-24-12-8-7-11-22(24)27(34)32(3)18-20-9-5-4-6-10-20/h4-14,17,19H,15-16,18H2,1-3H3,(H2,30,31,33,36). The van der Waals surface area contributed by atoms with Crippen LogP contribution in [0.25, 0.3) is 0 Å². The third-order valence-electron chi connectivity index (χ3n) is 5.39. The van der Waals surface area contributed by atoms with Crippen LogP contribution in [0.2, 0.25) is 0 Å². The second kappa shape index (κ2) is 13.2. The molecule has 8 heteroatoms. The summed E-state index contributed by atoms with van der Waals surface area (Å²) in [5.74, 6) is 0.701. The molecule has 0 atom stereocenters. The van der Waals surface area contributed by atoms with E-state index < -0.39 is 0 Å². The zero-order valence-electron chi connectivity index (χ0n) is 20.6. The molecule has 3 aromatic rings. The molecule has 3 aromatic carbocycles. The zero-order chi connectivity index (χ0) is 26.1. The van der Waals surface area contributed by atoms with Crippen LogP contribution in [0, 0.1) is 5.92 Å². The topological polar surface area (TPSA) is 70.7 Å². The number of benzene rings is 3. The SMILES string of the molecule is CC(C)CCOc1ccc(C(=O)NC(=S)Nc2ccccc2C(=O)N(C)Cc2ccccc2)cc1Br. The van der Waals surface area contributed by atoms with Gasteiger partial charge in [0.2, 0.25) is 0 Å². The van der Waals surface area contributed by atoms with Gasteiger partial charge >= 0.3 is 0 Å². The van der Waals surface area contributed by atoms with Crippen LogP contribution in [0.5, 0.6) is 5.75 Å². The first-order chi connectivity index (χ1) is 17.2. The Morgan fingerprint density at radius 3 is 2.42 bits per heavy atom. The molecule has 0 aromatic heterocycles. The summed E-state index contributed by atoms with van der Waals surface area (Å²) in [6, 6.07) is 22.0. The molecule has 0 unspecified atom stereocenters. The molecule has 3 rings (SSSR count). The van der Waals surface area contributed by atoms with Crippen LogP contribution in [0.1, 0.15) is 46.5 Å². The number of halogens is 1. The number of thiocarbonyl (C=S) groups is 1. The van der Waals surface area contributed by atoms with Crippen LogP contribution in [0.3, 0.4) is 0 Å². The minimum Gasteiger partial charge on any atom is -0.492 e. The Morgan fingerprint density at radius 2 is 1.72 bits per heavy atom. The van der Waals surface area contributed by atoms with Gasteiger partial charge in [0.05, 0.1) is 22.3 Å². The van der Waals surface area contributed by atoms with Gasteiger partial charge in [-0.3, -0.25) is 14.9 Å². The van der Waals surface area contributed by atoms with Crippen LogP contribution in [-0.4, -0.2) is 35.5 Å². The van der Waals surface area contributed by atoms with E-state index in [1.807, 2.05) is 30.3 Å². The van der Waals surface area contributed by atoms with Gasteiger partial charge in [-0.1, -0.05) is 56.3 Å². The predicted molar refractivity (Wildman–Crippen MR) is 151 cm³/mol. The number of carbonyl (C=O) groups is 2. The lowest BCUT2D eigenvalue weighted by atomic mass is 10.1. The Morgan fingerprint density at radius 1 is 1.03 bits per heavy atom. The maximum atomic E-state index is 13.1. The number of nitrogens with one attached hydrogen (secondary N) is 2. The molecule has 188 valence electrons. The third kappa shape index (κ3) is 7.90.